The summed E-state index contributed by atoms with van der Waals surface area (Å²) in [5, 5.41) is 0.579. The van der Waals surface area contributed by atoms with E-state index in [-0.39, 0.29) is 12.0 Å². The number of rotatable bonds is 2. The molecule has 4 nitrogen and oxygen atoms in total. The Morgan fingerprint density at radius 1 is 1.32 bits per heavy atom. The molecule has 1 aromatic heterocycles. The van der Waals surface area contributed by atoms with Gasteiger partial charge in [-0.1, -0.05) is 24.4 Å². The van der Waals surface area contributed by atoms with Gasteiger partial charge in [0.2, 0.25) is 0 Å². The number of nitrogens with zero attached hydrogens (tertiary/aromatic N) is 2. The minimum Gasteiger partial charge on any atom is -0.467 e. The van der Waals surface area contributed by atoms with Crippen LogP contribution >= 0.6 is 11.6 Å². The molecule has 0 bridgehead atoms. The molecule has 1 fully saturated rings. The molecule has 104 valence electrons. The molecule has 2 aliphatic rings. The van der Waals surface area contributed by atoms with E-state index in [1.165, 1.54) is 20.0 Å². The van der Waals surface area contributed by atoms with Crippen LogP contribution < -0.4 is 0 Å². The lowest BCUT2D eigenvalue weighted by Gasteiger charge is -2.26. The van der Waals surface area contributed by atoms with Crippen LogP contribution in [0, 0.1) is 0 Å². The second kappa shape index (κ2) is 5.16. The minimum absolute atomic E-state index is 0.172. The van der Waals surface area contributed by atoms with Gasteiger partial charge in [0.1, 0.15) is 11.9 Å². The van der Waals surface area contributed by atoms with Crippen molar-refractivity contribution in [3.05, 3.63) is 16.7 Å². The lowest BCUT2D eigenvalue weighted by atomic mass is 10.0. The van der Waals surface area contributed by atoms with Crippen molar-refractivity contribution >= 4 is 17.6 Å². The Kier molecular flexibility index (Phi) is 3.52. The Labute approximate surface area is 118 Å². The van der Waals surface area contributed by atoms with E-state index in [9.17, 15) is 4.79 Å². The van der Waals surface area contributed by atoms with E-state index < -0.39 is 0 Å². The molecule has 0 amide bonds. The molecular weight excluding hydrogens is 264 g/mol. The van der Waals surface area contributed by atoms with E-state index in [0.29, 0.717) is 11.1 Å². The molecule has 1 unspecified atom stereocenters. The molecule has 0 saturated heterocycles. The number of ether oxygens (including phenoxy) is 1. The molecular formula is C14H19ClN2O2. The number of hydrogen-bond acceptors (Lipinski definition) is 3. The molecule has 0 N–H and O–H groups in total. The second-order valence-electron chi connectivity index (χ2n) is 5.49. The predicted octanol–water partition coefficient (Wildman–Crippen LogP) is 3.24. The molecule has 1 saturated carbocycles. The third-order valence-corrected chi connectivity index (χ3v) is 4.69. The quantitative estimate of drug-likeness (QED) is 0.782. The predicted molar refractivity (Wildman–Crippen MR) is 72.4 cm³/mol. The summed E-state index contributed by atoms with van der Waals surface area (Å²) in [7, 11) is 1.45. The molecule has 0 spiro atoms. The standard InChI is InChI=1S/C14H19ClN2O2/c1-19-14(18)11-8-4-7-10-12(15)16-13(17(10)11)9-5-2-3-6-9/h9,11H,2-8H2,1H3. The number of carbonyl (C=O) groups is 1. The Morgan fingerprint density at radius 3 is 2.74 bits per heavy atom. The van der Waals surface area contributed by atoms with Crippen LogP contribution in [0.25, 0.3) is 0 Å². The normalized spacial score (nSPS) is 23.4. The maximum Gasteiger partial charge on any atom is 0.328 e. The first-order valence-corrected chi connectivity index (χ1v) is 7.44. The van der Waals surface area contributed by atoms with E-state index in [1.54, 1.807) is 0 Å². The van der Waals surface area contributed by atoms with Gasteiger partial charge in [-0.05, 0) is 32.1 Å². The van der Waals surface area contributed by atoms with Gasteiger partial charge in [0, 0.05) is 5.92 Å². The van der Waals surface area contributed by atoms with E-state index in [1.807, 2.05) is 0 Å². The maximum absolute atomic E-state index is 12.0. The summed E-state index contributed by atoms with van der Waals surface area (Å²) >= 11 is 6.27. The van der Waals surface area contributed by atoms with Crippen molar-refractivity contribution in [2.45, 2.75) is 56.9 Å². The number of esters is 1. The lowest BCUT2D eigenvalue weighted by molar-refractivity contribution is -0.145. The summed E-state index contributed by atoms with van der Waals surface area (Å²) in [6.45, 7) is 0. The fourth-order valence-electron chi connectivity index (χ4n) is 3.45. The molecule has 0 radical (unpaired) electrons. The zero-order chi connectivity index (χ0) is 13.4. The number of aromatic nitrogens is 2. The average Bonchev–Trinajstić information content (AvgIpc) is 3.06. The highest BCUT2D eigenvalue weighted by molar-refractivity contribution is 6.30. The fraction of sp³-hybridized carbons (Fsp3) is 0.714. The minimum atomic E-state index is -0.232. The highest BCUT2D eigenvalue weighted by Gasteiger charge is 2.34. The number of hydrogen-bond donors (Lipinski definition) is 0. The highest BCUT2D eigenvalue weighted by Crippen LogP contribution is 2.40. The average molecular weight is 283 g/mol. The number of methoxy groups -OCH3 is 1. The molecule has 1 aliphatic carbocycles. The number of imidazole rings is 1. The van der Waals surface area contributed by atoms with E-state index in [0.717, 1.165) is 43.6 Å². The summed E-state index contributed by atoms with van der Waals surface area (Å²) in [5.74, 6) is 1.29. The number of carbonyl (C=O) groups excluding carboxylic acids is 1. The van der Waals surface area contributed by atoms with Crippen LogP contribution in [0.1, 0.15) is 62.0 Å². The van der Waals surface area contributed by atoms with E-state index >= 15 is 0 Å². The largest absolute Gasteiger partial charge is 0.467 e. The fourth-order valence-corrected chi connectivity index (χ4v) is 3.72. The van der Waals surface area contributed by atoms with Crippen LogP contribution in [-0.4, -0.2) is 22.6 Å². The summed E-state index contributed by atoms with van der Waals surface area (Å²) in [6.07, 6.45) is 7.50. The Bertz CT molecular complexity index is 492. The molecule has 5 heteroatoms. The van der Waals surface area contributed by atoms with Gasteiger partial charge < -0.3 is 9.30 Å². The molecule has 3 rings (SSSR count). The lowest BCUT2D eigenvalue weighted by Crippen LogP contribution is -2.28. The first-order chi connectivity index (χ1) is 9.22. The van der Waals surface area contributed by atoms with E-state index in [4.69, 9.17) is 16.3 Å². The van der Waals surface area contributed by atoms with Crippen molar-refractivity contribution in [2.24, 2.45) is 0 Å². The Hall–Kier alpha value is -1.03. The Balaban J connectivity index is 2.04. The van der Waals surface area contributed by atoms with Gasteiger partial charge in [0.05, 0.1) is 12.8 Å². The van der Waals surface area contributed by atoms with Gasteiger partial charge in [0.25, 0.3) is 0 Å². The monoisotopic (exact) mass is 282 g/mol. The van der Waals surface area contributed by atoms with Crippen molar-refractivity contribution in [2.75, 3.05) is 7.11 Å². The van der Waals surface area contributed by atoms with Crippen LogP contribution in [0.5, 0.6) is 0 Å². The zero-order valence-electron chi connectivity index (χ0n) is 11.2. The Morgan fingerprint density at radius 2 is 2.05 bits per heavy atom. The third-order valence-electron chi connectivity index (χ3n) is 4.38. The maximum atomic E-state index is 12.0. The van der Waals surface area contributed by atoms with Gasteiger partial charge in [-0.2, -0.15) is 0 Å². The highest BCUT2D eigenvalue weighted by atomic mass is 35.5. The third kappa shape index (κ3) is 2.16. The topological polar surface area (TPSA) is 44.1 Å². The van der Waals surface area contributed by atoms with Gasteiger partial charge >= 0.3 is 5.97 Å². The summed E-state index contributed by atoms with van der Waals surface area (Å²) in [5.41, 5.74) is 1.02. The zero-order valence-corrected chi connectivity index (χ0v) is 11.9. The van der Waals surface area contributed by atoms with E-state index in [2.05, 4.69) is 9.55 Å². The first kappa shape index (κ1) is 13.0. The summed E-state index contributed by atoms with van der Waals surface area (Å²) in [6, 6.07) is -0.232. The van der Waals surface area contributed by atoms with Crippen LogP contribution in [0.15, 0.2) is 0 Å². The van der Waals surface area contributed by atoms with Crippen LogP contribution in [-0.2, 0) is 16.0 Å². The van der Waals surface area contributed by atoms with Crippen LogP contribution in [0.2, 0.25) is 5.15 Å². The molecule has 2 heterocycles. The second-order valence-corrected chi connectivity index (χ2v) is 5.85. The smallest absolute Gasteiger partial charge is 0.328 e. The van der Waals surface area contributed by atoms with Crippen molar-refractivity contribution in [1.82, 2.24) is 9.55 Å². The van der Waals surface area contributed by atoms with Gasteiger partial charge in [-0.15, -0.1) is 0 Å². The SMILES string of the molecule is COC(=O)C1CCCc2c(Cl)nc(C3CCCC3)n21. The van der Waals surface area contributed by atoms with Crippen molar-refractivity contribution in [1.29, 1.82) is 0 Å². The molecule has 1 atom stereocenters. The van der Waals surface area contributed by atoms with Crippen molar-refractivity contribution in [3.8, 4) is 0 Å². The first-order valence-electron chi connectivity index (χ1n) is 7.06. The van der Waals surface area contributed by atoms with Gasteiger partial charge in [-0.3, -0.25) is 0 Å². The van der Waals surface area contributed by atoms with Crippen molar-refractivity contribution in [3.63, 3.8) is 0 Å². The van der Waals surface area contributed by atoms with Crippen LogP contribution in [0.3, 0.4) is 0 Å². The van der Waals surface area contributed by atoms with Crippen molar-refractivity contribution < 1.29 is 9.53 Å². The van der Waals surface area contributed by atoms with Crippen LogP contribution in [0.4, 0.5) is 0 Å². The molecule has 1 aliphatic heterocycles. The van der Waals surface area contributed by atoms with Gasteiger partial charge in [-0.25, -0.2) is 9.78 Å². The summed E-state index contributed by atoms with van der Waals surface area (Å²) < 4.78 is 7.02. The molecule has 0 aromatic carbocycles. The molecule has 19 heavy (non-hydrogen) atoms. The summed E-state index contributed by atoms with van der Waals surface area (Å²) in [4.78, 5) is 16.6. The number of halogens is 1. The van der Waals surface area contributed by atoms with Gasteiger partial charge in [0.15, 0.2) is 5.15 Å². The number of fused-ring (bicyclic) bond motifs is 1. The molecule has 1 aromatic rings.